The SMILES string of the molecule is Cc1ccccc1C(CN)Cc1ccc(Br)cn1. The van der Waals surface area contributed by atoms with Crippen LogP contribution in [0.2, 0.25) is 0 Å². The average molecular weight is 305 g/mol. The van der Waals surface area contributed by atoms with Crippen LogP contribution in [0.4, 0.5) is 0 Å². The molecule has 1 aromatic carbocycles. The van der Waals surface area contributed by atoms with Crippen molar-refractivity contribution in [2.24, 2.45) is 5.73 Å². The van der Waals surface area contributed by atoms with Crippen LogP contribution in [0.25, 0.3) is 0 Å². The molecule has 18 heavy (non-hydrogen) atoms. The highest BCUT2D eigenvalue weighted by Crippen LogP contribution is 2.22. The zero-order chi connectivity index (χ0) is 13.0. The maximum Gasteiger partial charge on any atom is 0.0413 e. The van der Waals surface area contributed by atoms with E-state index in [4.69, 9.17) is 5.73 Å². The van der Waals surface area contributed by atoms with Gasteiger partial charge in [-0.1, -0.05) is 24.3 Å². The van der Waals surface area contributed by atoms with Crippen molar-refractivity contribution in [3.8, 4) is 0 Å². The van der Waals surface area contributed by atoms with Crippen LogP contribution in [0.3, 0.4) is 0 Å². The van der Waals surface area contributed by atoms with Gasteiger partial charge in [0.15, 0.2) is 0 Å². The van der Waals surface area contributed by atoms with Gasteiger partial charge >= 0.3 is 0 Å². The topological polar surface area (TPSA) is 38.9 Å². The summed E-state index contributed by atoms with van der Waals surface area (Å²) in [5, 5.41) is 0. The van der Waals surface area contributed by atoms with Gasteiger partial charge in [-0.25, -0.2) is 0 Å². The minimum Gasteiger partial charge on any atom is -0.330 e. The van der Waals surface area contributed by atoms with Crippen molar-refractivity contribution in [2.45, 2.75) is 19.3 Å². The van der Waals surface area contributed by atoms with Crippen LogP contribution in [0.15, 0.2) is 47.1 Å². The minimum atomic E-state index is 0.333. The van der Waals surface area contributed by atoms with Gasteiger partial charge in [-0.15, -0.1) is 0 Å². The number of nitrogens with two attached hydrogens (primary N) is 1. The number of aryl methyl sites for hydroxylation is 1. The summed E-state index contributed by atoms with van der Waals surface area (Å²) in [6.07, 6.45) is 2.72. The molecule has 1 unspecified atom stereocenters. The lowest BCUT2D eigenvalue weighted by Gasteiger charge is -2.17. The van der Waals surface area contributed by atoms with Crippen LogP contribution in [-0.2, 0) is 6.42 Å². The molecule has 0 spiro atoms. The Morgan fingerprint density at radius 2 is 2.00 bits per heavy atom. The summed E-state index contributed by atoms with van der Waals surface area (Å²) in [5.74, 6) is 0.333. The first-order valence-electron chi connectivity index (χ1n) is 6.06. The number of halogens is 1. The fraction of sp³-hybridized carbons (Fsp3) is 0.267. The monoisotopic (exact) mass is 304 g/mol. The average Bonchev–Trinajstić information content (AvgIpc) is 2.39. The first kappa shape index (κ1) is 13.2. The van der Waals surface area contributed by atoms with Crippen molar-refractivity contribution >= 4 is 15.9 Å². The Morgan fingerprint density at radius 3 is 2.61 bits per heavy atom. The minimum absolute atomic E-state index is 0.333. The van der Waals surface area contributed by atoms with Gasteiger partial charge in [0.2, 0.25) is 0 Å². The maximum atomic E-state index is 5.91. The molecule has 1 heterocycles. The first-order chi connectivity index (χ1) is 8.70. The number of nitrogens with zero attached hydrogens (tertiary/aromatic N) is 1. The number of hydrogen-bond donors (Lipinski definition) is 1. The lowest BCUT2D eigenvalue weighted by molar-refractivity contribution is 0.677. The number of benzene rings is 1. The molecule has 2 N–H and O–H groups in total. The summed E-state index contributed by atoms with van der Waals surface area (Å²) in [4.78, 5) is 4.42. The predicted octanol–water partition coefficient (Wildman–Crippen LogP) is 3.44. The van der Waals surface area contributed by atoms with Gasteiger partial charge in [-0.3, -0.25) is 4.98 Å². The largest absolute Gasteiger partial charge is 0.330 e. The van der Waals surface area contributed by atoms with Gasteiger partial charge in [-0.2, -0.15) is 0 Å². The van der Waals surface area contributed by atoms with Gasteiger partial charge in [0, 0.05) is 22.3 Å². The fourth-order valence-corrected chi connectivity index (χ4v) is 2.38. The van der Waals surface area contributed by atoms with E-state index in [1.165, 1.54) is 11.1 Å². The van der Waals surface area contributed by atoms with Crippen LogP contribution >= 0.6 is 15.9 Å². The lowest BCUT2D eigenvalue weighted by atomic mass is 9.91. The Kier molecular flexibility index (Phi) is 4.50. The number of pyridine rings is 1. The molecule has 0 fully saturated rings. The zero-order valence-corrected chi connectivity index (χ0v) is 12.0. The molecule has 1 aromatic heterocycles. The van der Waals surface area contributed by atoms with E-state index in [-0.39, 0.29) is 0 Å². The summed E-state index contributed by atoms with van der Waals surface area (Å²) in [5.41, 5.74) is 9.62. The second-order valence-electron chi connectivity index (χ2n) is 4.46. The number of rotatable bonds is 4. The quantitative estimate of drug-likeness (QED) is 0.940. The van der Waals surface area contributed by atoms with Crippen molar-refractivity contribution in [3.63, 3.8) is 0 Å². The second kappa shape index (κ2) is 6.12. The third kappa shape index (κ3) is 3.18. The van der Waals surface area contributed by atoms with Crippen molar-refractivity contribution < 1.29 is 0 Å². The highest BCUT2D eigenvalue weighted by molar-refractivity contribution is 9.10. The number of hydrogen-bond acceptors (Lipinski definition) is 2. The van der Waals surface area contributed by atoms with Gasteiger partial charge in [0.25, 0.3) is 0 Å². The van der Waals surface area contributed by atoms with E-state index in [0.29, 0.717) is 12.5 Å². The van der Waals surface area contributed by atoms with Gasteiger partial charge < -0.3 is 5.73 Å². The zero-order valence-electron chi connectivity index (χ0n) is 10.4. The van der Waals surface area contributed by atoms with Crippen LogP contribution in [0.5, 0.6) is 0 Å². The lowest BCUT2D eigenvalue weighted by Crippen LogP contribution is -2.16. The van der Waals surface area contributed by atoms with Crippen LogP contribution in [0.1, 0.15) is 22.7 Å². The van der Waals surface area contributed by atoms with Crippen molar-refractivity contribution in [1.29, 1.82) is 0 Å². The van der Waals surface area contributed by atoms with E-state index >= 15 is 0 Å². The summed E-state index contributed by atoms with van der Waals surface area (Å²) in [7, 11) is 0. The molecule has 0 aliphatic carbocycles. The molecule has 0 saturated carbocycles. The smallest absolute Gasteiger partial charge is 0.0413 e. The molecule has 0 amide bonds. The molecule has 2 nitrogen and oxygen atoms in total. The van der Waals surface area contributed by atoms with Gasteiger partial charge in [0.1, 0.15) is 0 Å². The van der Waals surface area contributed by atoms with Crippen LogP contribution in [-0.4, -0.2) is 11.5 Å². The van der Waals surface area contributed by atoms with E-state index < -0.39 is 0 Å². The Labute approximate surface area is 116 Å². The molecular formula is C15H17BrN2. The Hall–Kier alpha value is -1.19. The standard InChI is InChI=1S/C15H17BrN2/c1-11-4-2-3-5-15(11)12(9-17)8-14-7-6-13(16)10-18-14/h2-7,10,12H,8-9,17H2,1H3. The molecule has 0 saturated heterocycles. The highest BCUT2D eigenvalue weighted by atomic mass is 79.9. The molecule has 2 aromatic rings. The maximum absolute atomic E-state index is 5.91. The molecule has 1 atom stereocenters. The Bertz CT molecular complexity index is 508. The van der Waals surface area contributed by atoms with E-state index in [9.17, 15) is 0 Å². The van der Waals surface area contributed by atoms with E-state index in [1.807, 2.05) is 18.3 Å². The van der Waals surface area contributed by atoms with Gasteiger partial charge in [-0.05, 0) is 59.1 Å². The number of aromatic nitrogens is 1. The van der Waals surface area contributed by atoms with E-state index in [0.717, 1.165) is 16.6 Å². The van der Waals surface area contributed by atoms with Gasteiger partial charge in [0.05, 0.1) is 0 Å². The van der Waals surface area contributed by atoms with Crippen molar-refractivity contribution in [2.75, 3.05) is 6.54 Å². The third-order valence-electron chi connectivity index (χ3n) is 3.16. The second-order valence-corrected chi connectivity index (χ2v) is 5.38. The fourth-order valence-electron chi connectivity index (χ4n) is 2.14. The predicted molar refractivity (Wildman–Crippen MR) is 78.6 cm³/mol. The first-order valence-corrected chi connectivity index (χ1v) is 6.86. The summed E-state index contributed by atoms with van der Waals surface area (Å²) in [6.45, 7) is 2.77. The molecule has 3 heteroatoms. The van der Waals surface area contributed by atoms with Crippen LogP contribution < -0.4 is 5.73 Å². The molecule has 0 radical (unpaired) electrons. The Morgan fingerprint density at radius 1 is 1.22 bits per heavy atom. The summed E-state index contributed by atoms with van der Waals surface area (Å²) in [6, 6.07) is 12.5. The van der Waals surface area contributed by atoms with E-state index in [1.54, 1.807) is 0 Å². The van der Waals surface area contributed by atoms with Crippen LogP contribution in [0, 0.1) is 6.92 Å². The molecule has 0 bridgehead atoms. The van der Waals surface area contributed by atoms with E-state index in [2.05, 4.69) is 52.1 Å². The highest BCUT2D eigenvalue weighted by Gasteiger charge is 2.13. The third-order valence-corrected chi connectivity index (χ3v) is 3.63. The van der Waals surface area contributed by atoms with Crippen molar-refractivity contribution in [1.82, 2.24) is 4.98 Å². The molecule has 2 rings (SSSR count). The molecule has 0 aliphatic heterocycles. The summed E-state index contributed by atoms with van der Waals surface area (Å²) >= 11 is 3.40. The summed E-state index contributed by atoms with van der Waals surface area (Å²) < 4.78 is 1.01. The molecule has 94 valence electrons. The molecular weight excluding hydrogens is 288 g/mol. The normalized spacial score (nSPS) is 12.4. The van der Waals surface area contributed by atoms with Crippen molar-refractivity contribution in [3.05, 3.63) is 63.9 Å². The molecule has 0 aliphatic rings. The Balaban J connectivity index is 2.20.